The van der Waals surface area contributed by atoms with Gasteiger partial charge in [-0.2, -0.15) is 0 Å². The summed E-state index contributed by atoms with van der Waals surface area (Å²) in [7, 11) is 3.09. The molecule has 3 aromatic rings. The van der Waals surface area contributed by atoms with Crippen LogP contribution in [0.25, 0.3) is 22.6 Å². The summed E-state index contributed by atoms with van der Waals surface area (Å²) in [4.78, 5) is 0. The van der Waals surface area contributed by atoms with Gasteiger partial charge in [-0.1, -0.05) is 17.3 Å². The van der Waals surface area contributed by atoms with Crippen LogP contribution in [-0.2, 0) is 6.61 Å². The molecule has 5 nitrogen and oxygen atoms in total. The van der Waals surface area contributed by atoms with Crippen molar-refractivity contribution in [3.8, 4) is 34.1 Å². The van der Waals surface area contributed by atoms with Crippen LogP contribution >= 0.6 is 0 Å². The highest BCUT2D eigenvalue weighted by molar-refractivity contribution is 5.76. The van der Waals surface area contributed by atoms with Crippen molar-refractivity contribution in [2.75, 3.05) is 14.2 Å². The first-order chi connectivity index (χ1) is 11.7. The van der Waals surface area contributed by atoms with Gasteiger partial charge in [0, 0.05) is 17.2 Å². The lowest BCUT2D eigenvalue weighted by Crippen LogP contribution is -1.94. The van der Waals surface area contributed by atoms with Crippen LogP contribution in [0.3, 0.4) is 0 Å². The van der Waals surface area contributed by atoms with Crippen molar-refractivity contribution in [3.63, 3.8) is 0 Å². The number of aliphatic hydroxyl groups is 1. The van der Waals surface area contributed by atoms with Crippen molar-refractivity contribution in [1.82, 2.24) is 5.16 Å². The van der Waals surface area contributed by atoms with E-state index in [-0.39, 0.29) is 6.61 Å². The third kappa shape index (κ3) is 2.83. The number of methoxy groups -OCH3 is 2. The first-order valence-electron chi connectivity index (χ1n) is 7.25. The van der Waals surface area contributed by atoms with E-state index in [2.05, 4.69) is 5.16 Å². The monoisotopic (exact) mass is 329 g/mol. The van der Waals surface area contributed by atoms with E-state index in [1.165, 1.54) is 19.2 Å². The molecule has 1 heterocycles. The Hall–Kier alpha value is -2.86. The Bertz CT molecular complexity index is 860. The normalized spacial score (nSPS) is 10.7. The maximum absolute atomic E-state index is 13.5. The number of nitrogens with zero attached hydrogens (tertiary/aromatic N) is 1. The van der Waals surface area contributed by atoms with Crippen molar-refractivity contribution >= 4 is 0 Å². The number of ether oxygens (including phenoxy) is 2. The zero-order valence-corrected chi connectivity index (χ0v) is 13.2. The van der Waals surface area contributed by atoms with Crippen molar-refractivity contribution in [2.24, 2.45) is 0 Å². The first kappa shape index (κ1) is 16.0. The second kappa shape index (κ2) is 6.72. The number of halogens is 1. The smallest absolute Gasteiger partial charge is 0.173 e. The van der Waals surface area contributed by atoms with Gasteiger partial charge >= 0.3 is 0 Å². The van der Waals surface area contributed by atoms with E-state index in [1.807, 2.05) is 0 Å². The molecular weight excluding hydrogens is 313 g/mol. The predicted molar refractivity (Wildman–Crippen MR) is 86.4 cm³/mol. The van der Waals surface area contributed by atoms with E-state index < -0.39 is 5.82 Å². The fourth-order valence-corrected chi connectivity index (χ4v) is 2.52. The van der Waals surface area contributed by atoms with Crippen molar-refractivity contribution in [2.45, 2.75) is 6.61 Å². The van der Waals surface area contributed by atoms with E-state index in [4.69, 9.17) is 14.0 Å². The highest BCUT2D eigenvalue weighted by Gasteiger charge is 2.21. The van der Waals surface area contributed by atoms with Gasteiger partial charge < -0.3 is 19.1 Å². The van der Waals surface area contributed by atoms with Crippen LogP contribution < -0.4 is 9.47 Å². The highest BCUT2D eigenvalue weighted by Crippen LogP contribution is 2.38. The Morgan fingerprint density at radius 1 is 1.12 bits per heavy atom. The molecule has 6 heteroatoms. The standard InChI is InChI=1S/C18H16FNO4/c1-22-13-6-7-14(16(9-13)23-2)17-15(10-21)18(24-20-17)11-4-3-5-12(19)8-11/h3-9,21H,10H2,1-2H3. The zero-order valence-electron chi connectivity index (χ0n) is 13.2. The molecule has 0 bridgehead atoms. The lowest BCUT2D eigenvalue weighted by molar-refractivity contribution is 0.281. The average Bonchev–Trinajstić information content (AvgIpc) is 3.04. The first-order valence-corrected chi connectivity index (χ1v) is 7.25. The lowest BCUT2D eigenvalue weighted by atomic mass is 10.0. The van der Waals surface area contributed by atoms with Gasteiger partial charge in [0.2, 0.25) is 0 Å². The molecule has 0 spiro atoms. The van der Waals surface area contributed by atoms with Crippen LogP contribution in [0.2, 0.25) is 0 Å². The van der Waals surface area contributed by atoms with E-state index in [0.29, 0.717) is 39.6 Å². The van der Waals surface area contributed by atoms with Gasteiger partial charge in [0.05, 0.1) is 26.4 Å². The second-order valence-corrected chi connectivity index (χ2v) is 5.07. The van der Waals surface area contributed by atoms with Gasteiger partial charge in [-0.15, -0.1) is 0 Å². The third-order valence-corrected chi connectivity index (χ3v) is 3.70. The summed E-state index contributed by atoms with van der Waals surface area (Å²) < 4.78 is 29.4. The van der Waals surface area contributed by atoms with Gasteiger partial charge in [-0.05, 0) is 24.3 Å². The Morgan fingerprint density at radius 3 is 2.62 bits per heavy atom. The number of aromatic nitrogens is 1. The van der Waals surface area contributed by atoms with Crippen LogP contribution in [0.5, 0.6) is 11.5 Å². The number of rotatable bonds is 5. The summed E-state index contributed by atoms with van der Waals surface area (Å²) in [5, 5.41) is 13.8. The molecule has 24 heavy (non-hydrogen) atoms. The molecule has 2 aromatic carbocycles. The van der Waals surface area contributed by atoms with Gasteiger partial charge in [-0.25, -0.2) is 4.39 Å². The van der Waals surface area contributed by atoms with E-state index >= 15 is 0 Å². The molecule has 0 radical (unpaired) electrons. The van der Waals surface area contributed by atoms with Crippen LogP contribution in [0.4, 0.5) is 4.39 Å². The van der Waals surface area contributed by atoms with Crippen molar-refractivity contribution in [1.29, 1.82) is 0 Å². The molecule has 124 valence electrons. The zero-order chi connectivity index (χ0) is 17.1. The van der Waals surface area contributed by atoms with E-state index in [9.17, 15) is 9.50 Å². The Kier molecular flexibility index (Phi) is 4.48. The summed E-state index contributed by atoms with van der Waals surface area (Å²) in [5.74, 6) is 1.10. The lowest BCUT2D eigenvalue weighted by Gasteiger charge is -2.09. The number of hydrogen-bond donors (Lipinski definition) is 1. The highest BCUT2D eigenvalue weighted by atomic mass is 19.1. The molecule has 1 N–H and O–H groups in total. The minimum atomic E-state index is -0.392. The Labute approximate surface area is 138 Å². The molecule has 0 saturated carbocycles. The topological polar surface area (TPSA) is 64.7 Å². The molecule has 0 amide bonds. The van der Waals surface area contributed by atoms with Crippen LogP contribution in [0, 0.1) is 5.82 Å². The molecular formula is C18H16FNO4. The summed E-state index contributed by atoms with van der Waals surface area (Å²) in [6, 6.07) is 11.2. The van der Waals surface area contributed by atoms with Crippen molar-refractivity contribution in [3.05, 3.63) is 53.8 Å². The molecule has 1 aromatic heterocycles. The minimum absolute atomic E-state index is 0.306. The maximum atomic E-state index is 13.5. The molecule has 0 unspecified atom stereocenters. The molecule has 0 aliphatic rings. The molecule has 0 aliphatic carbocycles. The maximum Gasteiger partial charge on any atom is 0.173 e. The summed E-state index contributed by atoms with van der Waals surface area (Å²) in [6.07, 6.45) is 0. The summed E-state index contributed by atoms with van der Waals surface area (Å²) >= 11 is 0. The van der Waals surface area contributed by atoms with Gasteiger partial charge in [0.25, 0.3) is 0 Å². The SMILES string of the molecule is COc1ccc(-c2noc(-c3cccc(F)c3)c2CO)c(OC)c1. The molecule has 0 atom stereocenters. The largest absolute Gasteiger partial charge is 0.497 e. The minimum Gasteiger partial charge on any atom is -0.497 e. The Morgan fingerprint density at radius 2 is 1.96 bits per heavy atom. The van der Waals surface area contributed by atoms with Gasteiger partial charge in [-0.3, -0.25) is 0 Å². The van der Waals surface area contributed by atoms with E-state index in [1.54, 1.807) is 37.4 Å². The number of benzene rings is 2. The average molecular weight is 329 g/mol. The van der Waals surface area contributed by atoms with Crippen LogP contribution in [0.15, 0.2) is 47.0 Å². The van der Waals surface area contributed by atoms with Crippen LogP contribution in [-0.4, -0.2) is 24.5 Å². The molecule has 0 saturated heterocycles. The fourth-order valence-electron chi connectivity index (χ4n) is 2.52. The number of hydrogen-bond acceptors (Lipinski definition) is 5. The second-order valence-electron chi connectivity index (χ2n) is 5.07. The Balaban J connectivity index is 2.14. The number of aliphatic hydroxyl groups excluding tert-OH is 1. The van der Waals surface area contributed by atoms with Gasteiger partial charge in [0.1, 0.15) is 23.0 Å². The molecule has 0 fully saturated rings. The quantitative estimate of drug-likeness (QED) is 0.774. The fraction of sp³-hybridized carbons (Fsp3) is 0.167. The molecule has 3 rings (SSSR count). The van der Waals surface area contributed by atoms with Gasteiger partial charge in [0.15, 0.2) is 5.76 Å². The van der Waals surface area contributed by atoms with Crippen molar-refractivity contribution < 1.29 is 23.5 Å². The summed E-state index contributed by atoms with van der Waals surface area (Å²) in [6.45, 7) is -0.306. The predicted octanol–water partition coefficient (Wildman–Crippen LogP) is 3.66. The van der Waals surface area contributed by atoms with E-state index in [0.717, 1.165) is 0 Å². The molecule has 0 aliphatic heterocycles. The third-order valence-electron chi connectivity index (χ3n) is 3.70. The summed E-state index contributed by atoms with van der Waals surface area (Å²) in [5.41, 5.74) is 2.05. The van der Waals surface area contributed by atoms with Crippen LogP contribution in [0.1, 0.15) is 5.56 Å².